The molecule has 4 N–H and O–H groups in total. The molecule has 0 saturated carbocycles. The van der Waals surface area contributed by atoms with Crippen LogP contribution in [0.2, 0.25) is 0 Å². The van der Waals surface area contributed by atoms with Crippen LogP contribution in [0.4, 0.5) is 11.4 Å². The Bertz CT molecular complexity index is 1040. The number of fused-ring (bicyclic) bond motifs is 1. The van der Waals surface area contributed by atoms with Crippen LogP contribution in [0.1, 0.15) is 12.5 Å². The van der Waals surface area contributed by atoms with E-state index < -0.39 is 6.04 Å². The largest absolute Gasteiger partial charge is 0.399 e. The quantitative estimate of drug-likeness (QED) is 0.563. The number of hydrogen-bond donors (Lipinski definition) is 3. The summed E-state index contributed by atoms with van der Waals surface area (Å²) in [5.41, 5.74) is 8.74. The normalized spacial score (nSPS) is 12.1. The van der Waals surface area contributed by atoms with Crippen LogP contribution in [0, 0.1) is 0 Å². The van der Waals surface area contributed by atoms with Crippen LogP contribution in [-0.2, 0) is 25.3 Å². The molecule has 1 atom stereocenters. The Morgan fingerprint density at radius 1 is 1.30 bits per heavy atom. The summed E-state index contributed by atoms with van der Waals surface area (Å²) in [6.45, 7) is 2.27. The molecule has 142 valence electrons. The smallest absolute Gasteiger partial charge is 0.252 e. The van der Waals surface area contributed by atoms with Gasteiger partial charge >= 0.3 is 0 Å². The Morgan fingerprint density at radius 2 is 2.07 bits per heavy atom. The number of benzene rings is 1. The third-order valence-electron chi connectivity index (χ3n) is 4.51. The number of nitrogens with zero attached hydrogens (tertiary/aromatic N) is 3. The Kier molecular flexibility index (Phi) is 5.16. The van der Waals surface area contributed by atoms with Crippen molar-refractivity contribution in [2.24, 2.45) is 14.1 Å². The molecule has 0 aliphatic heterocycles. The molecular weight excluding hydrogens is 344 g/mol. The topological polar surface area (TPSA) is 107 Å². The molecule has 0 saturated heterocycles. The Labute approximate surface area is 157 Å². The van der Waals surface area contributed by atoms with Gasteiger partial charge in [0, 0.05) is 49.7 Å². The second kappa shape index (κ2) is 7.53. The van der Waals surface area contributed by atoms with E-state index in [9.17, 15) is 9.59 Å². The molecule has 0 bridgehead atoms. The number of amides is 1. The zero-order chi connectivity index (χ0) is 19.6. The molecule has 0 aliphatic carbocycles. The van der Waals surface area contributed by atoms with Crippen LogP contribution in [-0.4, -0.2) is 32.8 Å². The second-order valence-corrected chi connectivity index (χ2v) is 6.66. The Balaban J connectivity index is 1.70. The number of hydrogen-bond acceptors (Lipinski definition) is 5. The molecule has 27 heavy (non-hydrogen) atoms. The number of rotatable bonds is 6. The van der Waals surface area contributed by atoms with Crippen LogP contribution in [0.5, 0.6) is 0 Å². The zero-order valence-corrected chi connectivity index (χ0v) is 15.7. The first-order valence-electron chi connectivity index (χ1n) is 8.76. The molecule has 0 radical (unpaired) electrons. The van der Waals surface area contributed by atoms with Gasteiger partial charge in [0.05, 0.1) is 11.7 Å². The van der Waals surface area contributed by atoms with Crippen molar-refractivity contribution in [1.29, 1.82) is 0 Å². The zero-order valence-electron chi connectivity index (χ0n) is 15.7. The van der Waals surface area contributed by atoms with Crippen molar-refractivity contribution >= 4 is 28.2 Å². The molecule has 0 unspecified atom stereocenters. The lowest BCUT2D eigenvalue weighted by Gasteiger charge is -2.18. The van der Waals surface area contributed by atoms with Gasteiger partial charge < -0.3 is 20.9 Å². The predicted octanol–water partition coefficient (Wildman–Crippen LogP) is 1.01. The molecule has 1 amide bonds. The van der Waals surface area contributed by atoms with Crippen LogP contribution in [0.15, 0.2) is 41.5 Å². The summed E-state index contributed by atoms with van der Waals surface area (Å²) in [6.07, 6.45) is 4.41. The standard InChI is InChI=1S/C19H24N6O2/c1-12(19(27)21-7-6-13-10-22-24(2)11-13)23-16-9-18(26)25(3)17-5-4-14(20)8-15(16)17/h4-5,8-12,23H,6-7,20H2,1-3H3,(H,21,27)/t12-/m1/s1. The highest BCUT2D eigenvalue weighted by Gasteiger charge is 2.15. The van der Waals surface area contributed by atoms with Gasteiger partial charge in [0.15, 0.2) is 0 Å². The summed E-state index contributed by atoms with van der Waals surface area (Å²) in [5, 5.41) is 10.9. The van der Waals surface area contributed by atoms with E-state index >= 15 is 0 Å². The van der Waals surface area contributed by atoms with Gasteiger partial charge in [-0.2, -0.15) is 5.10 Å². The number of aryl methyl sites for hydroxylation is 2. The number of carbonyl (C=O) groups is 1. The van der Waals surface area contributed by atoms with Gasteiger partial charge in [-0.15, -0.1) is 0 Å². The number of pyridine rings is 1. The van der Waals surface area contributed by atoms with Gasteiger partial charge in [-0.1, -0.05) is 0 Å². The van der Waals surface area contributed by atoms with E-state index in [2.05, 4.69) is 15.7 Å². The minimum absolute atomic E-state index is 0.142. The molecule has 3 rings (SSSR count). The van der Waals surface area contributed by atoms with Crippen molar-refractivity contribution < 1.29 is 4.79 Å². The summed E-state index contributed by atoms with van der Waals surface area (Å²) < 4.78 is 3.28. The van der Waals surface area contributed by atoms with Crippen molar-refractivity contribution in [3.05, 3.63) is 52.6 Å². The van der Waals surface area contributed by atoms with Crippen molar-refractivity contribution in [3.8, 4) is 0 Å². The molecule has 0 aliphatic rings. The van der Waals surface area contributed by atoms with Gasteiger partial charge in [0.1, 0.15) is 6.04 Å². The van der Waals surface area contributed by atoms with Crippen LogP contribution in [0.3, 0.4) is 0 Å². The highest BCUT2D eigenvalue weighted by Crippen LogP contribution is 2.24. The number of nitrogen functional groups attached to an aromatic ring is 1. The summed E-state index contributed by atoms with van der Waals surface area (Å²) in [7, 11) is 3.56. The number of nitrogens with one attached hydrogen (secondary N) is 2. The van der Waals surface area contributed by atoms with Gasteiger partial charge in [0.2, 0.25) is 5.91 Å². The van der Waals surface area contributed by atoms with Crippen LogP contribution >= 0.6 is 0 Å². The molecule has 1 aromatic carbocycles. The average molecular weight is 368 g/mol. The Morgan fingerprint density at radius 3 is 2.78 bits per heavy atom. The van der Waals surface area contributed by atoms with Gasteiger partial charge in [-0.05, 0) is 37.1 Å². The minimum atomic E-state index is -0.504. The maximum Gasteiger partial charge on any atom is 0.252 e. The average Bonchev–Trinajstić information content (AvgIpc) is 3.04. The molecule has 2 aromatic heterocycles. The summed E-state index contributed by atoms with van der Waals surface area (Å²) in [5.74, 6) is -0.142. The highest BCUT2D eigenvalue weighted by molar-refractivity contribution is 5.95. The van der Waals surface area contributed by atoms with Crippen LogP contribution < -0.4 is 21.9 Å². The number of aromatic nitrogens is 3. The monoisotopic (exact) mass is 368 g/mol. The number of anilines is 2. The summed E-state index contributed by atoms with van der Waals surface area (Å²) in [6, 6.07) is 6.33. The first-order chi connectivity index (χ1) is 12.8. The highest BCUT2D eigenvalue weighted by atomic mass is 16.2. The van der Waals surface area contributed by atoms with E-state index in [4.69, 9.17) is 5.73 Å². The first-order valence-corrected chi connectivity index (χ1v) is 8.76. The summed E-state index contributed by atoms with van der Waals surface area (Å²) >= 11 is 0. The van der Waals surface area contributed by atoms with E-state index in [0.29, 0.717) is 24.3 Å². The lowest BCUT2D eigenvalue weighted by Crippen LogP contribution is -2.38. The first kappa shape index (κ1) is 18.5. The fourth-order valence-electron chi connectivity index (χ4n) is 2.98. The van der Waals surface area contributed by atoms with Crippen molar-refractivity contribution in [3.63, 3.8) is 0 Å². The SMILES string of the molecule is C[C@@H](Nc1cc(=O)n(C)c2ccc(N)cc12)C(=O)NCCc1cnn(C)c1. The van der Waals surface area contributed by atoms with E-state index in [1.165, 1.54) is 6.07 Å². The lowest BCUT2D eigenvalue weighted by molar-refractivity contribution is -0.121. The van der Waals surface area contributed by atoms with E-state index in [0.717, 1.165) is 16.5 Å². The molecule has 3 aromatic rings. The molecule has 0 fully saturated rings. The third-order valence-corrected chi connectivity index (χ3v) is 4.51. The fraction of sp³-hybridized carbons (Fsp3) is 0.316. The number of carbonyl (C=O) groups excluding carboxylic acids is 1. The van der Waals surface area contributed by atoms with Crippen molar-refractivity contribution in [2.75, 3.05) is 17.6 Å². The molecular formula is C19H24N6O2. The molecule has 8 nitrogen and oxygen atoms in total. The molecule has 0 spiro atoms. The van der Waals surface area contributed by atoms with E-state index in [1.54, 1.807) is 47.6 Å². The van der Waals surface area contributed by atoms with Crippen LogP contribution in [0.25, 0.3) is 10.9 Å². The van der Waals surface area contributed by atoms with Crippen molar-refractivity contribution in [1.82, 2.24) is 19.7 Å². The maximum atomic E-state index is 12.4. The van der Waals surface area contributed by atoms with Gasteiger partial charge in [-0.25, -0.2) is 0 Å². The fourth-order valence-corrected chi connectivity index (χ4v) is 2.98. The minimum Gasteiger partial charge on any atom is -0.399 e. The molecule has 2 heterocycles. The summed E-state index contributed by atoms with van der Waals surface area (Å²) in [4.78, 5) is 24.6. The Hall–Kier alpha value is -3.29. The predicted molar refractivity (Wildman–Crippen MR) is 107 cm³/mol. The number of nitrogens with two attached hydrogens (primary N) is 1. The van der Waals surface area contributed by atoms with Gasteiger partial charge in [-0.3, -0.25) is 14.3 Å². The van der Waals surface area contributed by atoms with E-state index in [1.807, 2.05) is 13.2 Å². The maximum absolute atomic E-state index is 12.4. The molecule has 8 heteroatoms. The van der Waals surface area contributed by atoms with E-state index in [-0.39, 0.29) is 11.5 Å². The van der Waals surface area contributed by atoms with Crippen molar-refractivity contribution in [2.45, 2.75) is 19.4 Å². The van der Waals surface area contributed by atoms with Gasteiger partial charge in [0.25, 0.3) is 5.56 Å². The second-order valence-electron chi connectivity index (χ2n) is 6.66. The third kappa shape index (κ3) is 4.11. The lowest BCUT2D eigenvalue weighted by atomic mass is 10.1.